The van der Waals surface area contributed by atoms with E-state index in [1.54, 1.807) is 19.1 Å². The summed E-state index contributed by atoms with van der Waals surface area (Å²) in [5, 5.41) is 1.64. The van der Waals surface area contributed by atoms with Crippen molar-refractivity contribution in [3.63, 3.8) is 0 Å². The van der Waals surface area contributed by atoms with Gasteiger partial charge in [-0.25, -0.2) is 5.01 Å². The highest BCUT2D eigenvalue weighted by atomic mass is 79.9. The number of amides is 1. The average molecular weight is 274 g/mol. The van der Waals surface area contributed by atoms with Gasteiger partial charge in [0.2, 0.25) is 0 Å². The molecule has 0 aliphatic carbocycles. The number of hydrogen-bond acceptors (Lipinski definition) is 2. The molecule has 1 rings (SSSR count). The number of carbonyl (C=O) groups is 1. The highest BCUT2D eigenvalue weighted by Gasteiger charge is 2.12. The standard InChI is InChI=1S/C10H16BrN3O/c1-4-5-14-7-8(11)6-9(14)10(15)12-13(2)3/h6-7H,4-5H2,1-3H3,(H,12,15). The van der Waals surface area contributed by atoms with E-state index in [1.807, 2.05) is 16.8 Å². The normalized spacial score (nSPS) is 10.7. The van der Waals surface area contributed by atoms with Crippen LogP contribution in [0.15, 0.2) is 16.7 Å². The van der Waals surface area contributed by atoms with Crippen LogP contribution in [0.3, 0.4) is 0 Å². The first kappa shape index (κ1) is 12.3. The molecule has 0 unspecified atom stereocenters. The van der Waals surface area contributed by atoms with Crippen LogP contribution in [0.5, 0.6) is 0 Å². The summed E-state index contributed by atoms with van der Waals surface area (Å²) in [6.07, 6.45) is 2.93. The van der Waals surface area contributed by atoms with Crippen LogP contribution in [0.1, 0.15) is 23.8 Å². The summed E-state index contributed by atoms with van der Waals surface area (Å²) < 4.78 is 2.88. The third-order valence-electron chi connectivity index (χ3n) is 1.89. The summed E-state index contributed by atoms with van der Waals surface area (Å²) in [4.78, 5) is 11.8. The average Bonchev–Trinajstić information content (AvgIpc) is 2.46. The number of aromatic nitrogens is 1. The van der Waals surface area contributed by atoms with Gasteiger partial charge in [0.1, 0.15) is 5.69 Å². The van der Waals surface area contributed by atoms with Crippen molar-refractivity contribution in [2.45, 2.75) is 19.9 Å². The fraction of sp³-hybridized carbons (Fsp3) is 0.500. The number of aryl methyl sites for hydroxylation is 1. The molecule has 0 atom stereocenters. The van der Waals surface area contributed by atoms with E-state index in [-0.39, 0.29) is 5.91 Å². The Balaban J connectivity index is 2.86. The van der Waals surface area contributed by atoms with Crippen molar-refractivity contribution in [3.05, 3.63) is 22.4 Å². The Hall–Kier alpha value is -0.810. The van der Waals surface area contributed by atoms with Crippen LogP contribution in [0.4, 0.5) is 0 Å². The number of nitrogens with one attached hydrogen (secondary N) is 1. The van der Waals surface area contributed by atoms with Crippen LogP contribution in [0.25, 0.3) is 0 Å². The molecule has 0 saturated carbocycles. The molecule has 1 aromatic rings. The van der Waals surface area contributed by atoms with Crippen LogP contribution in [-0.2, 0) is 6.54 Å². The fourth-order valence-electron chi connectivity index (χ4n) is 1.35. The third-order valence-corrected chi connectivity index (χ3v) is 2.32. The summed E-state index contributed by atoms with van der Waals surface area (Å²) >= 11 is 3.37. The summed E-state index contributed by atoms with van der Waals surface area (Å²) in [6.45, 7) is 2.93. The molecule has 0 saturated heterocycles. The lowest BCUT2D eigenvalue weighted by atomic mass is 10.4. The van der Waals surface area contributed by atoms with Crippen LogP contribution >= 0.6 is 15.9 Å². The first-order valence-corrected chi connectivity index (χ1v) is 5.68. The Morgan fingerprint density at radius 1 is 1.60 bits per heavy atom. The van der Waals surface area contributed by atoms with Gasteiger partial charge in [0, 0.05) is 31.3 Å². The van der Waals surface area contributed by atoms with Gasteiger partial charge in [-0.05, 0) is 28.4 Å². The topological polar surface area (TPSA) is 37.3 Å². The van der Waals surface area contributed by atoms with E-state index in [9.17, 15) is 4.79 Å². The maximum atomic E-state index is 11.8. The molecular weight excluding hydrogens is 258 g/mol. The monoisotopic (exact) mass is 273 g/mol. The van der Waals surface area contributed by atoms with Gasteiger partial charge in [0.05, 0.1) is 0 Å². The molecule has 1 heterocycles. The predicted molar refractivity (Wildman–Crippen MR) is 63.6 cm³/mol. The minimum Gasteiger partial charge on any atom is -0.342 e. The molecule has 5 heteroatoms. The van der Waals surface area contributed by atoms with Crippen molar-refractivity contribution in [2.75, 3.05) is 14.1 Å². The minimum absolute atomic E-state index is 0.0841. The van der Waals surface area contributed by atoms with E-state index in [1.165, 1.54) is 0 Å². The van der Waals surface area contributed by atoms with Crippen molar-refractivity contribution >= 4 is 21.8 Å². The molecule has 1 amide bonds. The van der Waals surface area contributed by atoms with Gasteiger partial charge in [-0.15, -0.1) is 0 Å². The van der Waals surface area contributed by atoms with E-state index in [0.29, 0.717) is 5.69 Å². The van der Waals surface area contributed by atoms with E-state index in [0.717, 1.165) is 17.4 Å². The van der Waals surface area contributed by atoms with Crippen molar-refractivity contribution in [1.29, 1.82) is 0 Å². The largest absolute Gasteiger partial charge is 0.342 e. The lowest BCUT2D eigenvalue weighted by Crippen LogP contribution is -2.37. The smallest absolute Gasteiger partial charge is 0.282 e. The fourth-order valence-corrected chi connectivity index (χ4v) is 1.82. The molecular formula is C10H16BrN3O. The molecule has 0 bridgehead atoms. The zero-order valence-electron chi connectivity index (χ0n) is 9.25. The number of hydrazine groups is 1. The number of nitrogens with zero attached hydrogens (tertiary/aromatic N) is 2. The lowest BCUT2D eigenvalue weighted by Gasteiger charge is -2.13. The molecule has 1 N–H and O–H groups in total. The van der Waals surface area contributed by atoms with E-state index < -0.39 is 0 Å². The number of rotatable bonds is 4. The Morgan fingerprint density at radius 2 is 2.27 bits per heavy atom. The molecule has 0 aliphatic heterocycles. The van der Waals surface area contributed by atoms with Crippen molar-refractivity contribution < 1.29 is 4.79 Å². The number of halogens is 1. The maximum Gasteiger partial charge on any atom is 0.282 e. The van der Waals surface area contributed by atoms with Gasteiger partial charge < -0.3 is 4.57 Å². The third kappa shape index (κ3) is 3.35. The first-order chi connectivity index (χ1) is 7.04. The molecule has 1 aromatic heterocycles. The van der Waals surface area contributed by atoms with Crippen molar-refractivity contribution in [3.8, 4) is 0 Å². The second kappa shape index (κ2) is 5.32. The molecule has 0 radical (unpaired) electrons. The first-order valence-electron chi connectivity index (χ1n) is 4.88. The van der Waals surface area contributed by atoms with Crippen LogP contribution in [0.2, 0.25) is 0 Å². The van der Waals surface area contributed by atoms with Crippen molar-refractivity contribution in [2.24, 2.45) is 0 Å². The summed E-state index contributed by atoms with van der Waals surface area (Å²) in [6, 6.07) is 1.83. The predicted octanol–water partition coefficient (Wildman–Crippen LogP) is 1.87. The Labute approximate surface area is 98.3 Å². The van der Waals surface area contributed by atoms with Crippen LogP contribution < -0.4 is 5.43 Å². The maximum absolute atomic E-state index is 11.8. The van der Waals surface area contributed by atoms with Gasteiger partial charge >= 0.3 is 0 Å². The Morgan fingerprint density at radius 3 is 2.80 bits per heavy atom. The molecule has 0 spiro atoms. The van der Waals surface area contributed by atoms with Crippen LogP contribution in [-0.4, -0.2) is 29.6 Å². The Kier molecular flexibility index (Phi) is 4.35. The van der Waals surface area contributed by atoms with Gasteiger partial charge in [-0.2, -0.15) is 0 Å². The van der Waals surface area contributed by atoms with E-state index in [2.05, 4.69) is 28.3 Å². The van der Waals surface area contributed by atoms with E-state index in [4.69, 9.17) is 0 Å². The SMILES string of the molecule is CCCn1cc(Br)cc1C(=O)NN(C)C. The molecule has 0 fully saturated rings. The number of carbonyl (C=O) groups excluding carboxylic acids is 1. The van der Waals surface area contributed by atoms with Gasteiger partial charge in [-0.1, -0.05) is 6.92 Å². The zero-order valence-corrected chi connectivity index (χ0v) is 10.8. The molecule has 15 heavy (non-hydrogen) atoms. The molecule has 4 nitrogen and oxygen atoms in total. The zero-order chi connectivity index (χ0) is 11.4. The second-order valence-electron chi connectivity index (χ2n) is 3.57. The highest BCUT2D eigenvalue weighted by Crippen LogP contribution is 2.15. The second-order valence-corrected chi connectivity index (χ2v) is 4.49. The minimum atomic E-state index is -0.0841. The van der Waals surface area contributed by atoms with Crippen LogP contribution in [0, 0.1) is 0 Å². The quantitative estimate of drug-likeness (QED) is 0.851. The van der Waals surface area contributed by atoms with Gasteiger partial charge in [0.25, 0.3) is 5.91 Å². The van der Waals surface area contributed by atoms with Gasteiger partial charge in [-0.3, -0.25) is 10.2 Å². The number of hydrogen-bond donors (Lipinski definition) is 1. The highest BCUT2D eigenvalue weighted by molar-refractivity contribution is 9.10. The summed E-state index contributed by atoms with van der Waals surface area (Å²) in [7, 11) is 3.58. The van der Waals surface area contributed by atoms with E-state index >= 15 is 0 Å². The van der Waals surface area contributed by atoms with Crippen molar-refractivity contribution in [1.82, 2.24) is 15.0 Å². The summed E-state index contributed by atoms with van der Waals surface area (Å²) in [5.74, 6) is -0.0841. The molecule has 0 aromatic carbocycles. The lowest BCUT2D eigenvalue weighted by molar-refractivity contribution is 0.0847. The Bertz CT molecular complexity index is 346. The molecule has 84 valence electrons. The molecule has 0 aliphatic rings. The summed E-state index contributed by atoms with van der Waals surface area (Å²) in [5.41, 5.74) is 3.40. The van der Waals surface area contributed by atoms with Gasteiger partial charge in [0.15, 0.2) is 0 Å².